The average molecular weight is 364 g/mol. The summed E-state index contributed by atoms with van der Waals surface area (Å²) in [4.78, 5) is 26.7. The van der Waals surface area contributed by atoms with Crippen LogP contribution in [0.5, 0.6) is 0 Å². The molecule has 0 unspecified atom stereocenters. The third kappa shape index (κ3) is 4.38. The van der Waals surface area contributed by atoms with Crippen LogP contribution in [0, 0.1) is 5.92 Å². The van der Waals surface area contributed by atoms with Crippen molar-refractivity contribution in [3.8, 4) is 0 Å². The van der Waals surface area contributed by atoms with Crippen molar-refractivity contribution < 1.29 is 9.59 Å². The molecule has 2 amide bonds. The highest BCUT2D eigenvalue weighted by molar-refractivity contribution is 6.03. The minimum Gasteiger partial charge on any atom is -0.326 e. The molecule has 1 fully saturated rings. The Morgan fingerprint density at radius 1 is 1.11 bits per heavy atom. The van der Waals surface area contributed by atoms with Gasteiger partial charge in [0.15, 0.2) is 0 Å². The fraction of sp³-hybridized carbons (Fsp3) is 0.391. The molecule has 3 rings (SSSR count). The highest BCUT2D eigenvalue weighted by Gasteiger charge is 2.35. The number of aryl methyl sites for hydroxylation is 1. The number of anilines is 2. The topological polar surface area (TPSA) is 49.4 Å². The molecule has 27 heavy (non-hydrogen) atoms. The van der Waals surface area contributed by atoms with E-state index in [2.05, 4.69) is 38.2 Å². The van der Waals surface area contributed by atoms with Gasteiger partial charge in [0.1, 0.15) is 0 Å². The maximum Gasteiger partial charge on any atom is 0.229 e. The Morgan fingerprint density at radius 2 is 1.78 bits per heavy atom. The smallest absolute Gasteiger partial charge is 0.229 e. The van der Waals surface area contributed by atoms with Crippen molar-refractivity contribution in [1.82, 2.24) is 0 Å². The van der Waals surface area contributed by atoms with Crippen LogP contribution in [-0.2, 0) is 16.0 Å². The predicted molar refractivity (Wildman–Crippen MR) is 110 cm³/mol. The second-order valence-electron chi connectivity index (χ2n) is 7.35. The Hall–Kier alpha value is -2.62. The molecule has 0 spiro atoms. The number of benzene rings is 2. The van der Waals surface area contributed by atoms with Crippen molar-refractivity contribution in [3.05, 3.63) is 59.7 Å². The lowest BCUT2D eigenvalue weighted by atomic mass is 9.98. The highest BCUT2D eigenvalue weighted by Crippen LogP contribution is 2.27. The number of amides is 2. The number of hydrogen-bond acceptors (Lipinski definition) is 2. The zero-order valence-corrected chi connectivity index (χ0v) is 16.4. The number of hydrogen-bond donors (Lipinski definition) is 1. The van der Waals surface area contributed by atoms with E-state index in [1.54, 1.807) is 4.90 Å². The standard InChI is InChI=1S/C23H28N2O2/c1-4-16(3)18-8-10-20(11-9-18)24-23(27)19-14-22(26)25(15-19)21-12-6-17(5-2)7-13-21/h6-13,16,19H,4-5,14-15H2,1-3H3,(H,24,27)/t16-,19-/m1/s1. The first-order valence-corrected chi connectivity index (χ1v) is 9.82. The summed E-state index contributed by atoms with van der Waals surface area (Å²) in [6.07, 6.45) is 2.31. The monoisotopic (exact) mass is 364 g/mol. The predicted octanol–water partition coefficient (Wildman–Crippen LogP) is 4.75. The quantitative estimate of drug-likeness (QED) is 0.804. The van der Waals surface area contributed by atoms with Crippen LogP contribution in [0.4, 0.5) is 11.4 Å². The van der Waals surface area contributed by atoms with E-state index in [-0.39, 0.29) is 24.2 Å². The molecule has 0 saturated carbocycles. The van der Waals surface area contributed by atoms with Crippen LogP contribution in [0.15, 0.2) is 48.5 Å². The summed E-state index contributed by atoms with van der Waals surface area (Å²) in [5.74, 6) is 0.103. The van der Waals surface area contributed by atoms with Gasteiger partial charge in [-0.3, -0.25) is 9.59 Å². The molecule has 2 aromatic rings. The summed E-state index contributed by atoms with van der Waals surface area (Å²) in [6.45, 7) is 6.89. The van der Waals surface area contributed by atoms with Gasteiger partial charge in [0.05, 0.1) is 5.92 Å². The van der Waals surface area contributed by atoms with Gasteiger partial charge in [0.2, 0.25) is 11.8 Å². The minimum absolute atomic E-state index is 0.00603. The zero-order chi connectivity index (χ0) is 19.4. The van der Waals surface area contributed by atoms with E-state index < -0.39 is 0 Å². The van der Waals surface area contributed by atoms with Crippen molar-refractivity contribution in [2.24, 2.45) is 5.92 Å². The molecule has 1 aliphatic heterocycles. The first-order valence-electron chi connectivity index (χ1n) is 9.82. The molecule has 4 heteroatoms. The Morgan fingerprint density at radius 3 is 2.37 bits per heavy atom. The van der Waals surface area contributed by atoms with Gasteiger partial charge in [-0.15, -0.1) is 0 Å². The normalized spacial score (nSPS) is 17.8. The van der Waals surface area contributed by atoms with E-state index in [0.717, 1.165) is 24.2 Å². The molecule has 0 aromatic heterocycles. The molecule has 0 radical (unpaired) electrons. The zero-order valence-electron chi connectivity index (χ0n) is 16.4. The molecule has 4 nitrogen and oxygen atoms in total. The molecule has 2 atom stereocenters. The lowest BCUT2D eigenvalue weighted by Crippen LogP contribution is -2.28. The first kappa shape index (κ1) is 19.2. The minimum atomic E-state index is -0.322. The van der Waals surface area contributed by atoms with Gasteiger partial charge in [-0.25, -0.2) is 0 Å². The Kier molecular flexibility index (Phi) is 5.94. The van der Waals surface area contributed by atoms with E-state index in [9.17, 15) is 9.59 Å². The number of nitrogens with zero attached hydrogens (tertiary/aromatic N) is 1. The summed E-state index contributed by atoms with van der Waals surface area (Å²) in [6, 6.07) is 16.0. The van der Waals surface area contributed by atoms with Crippen LogP contribution in [0.1, 0.15) is 50.7 Å². The van der Waals surface area contributed by atoms with E-state index in [1.807, 2.05) is 36.4 Å². The van der Waals surface area contributed by atoms with E-state index >= 15 is 0 Å². The summed E-state index contributed by atoms with van der Waals surface area (Å²) >= 11 is 0. The molecule has 1 aliphatic rings. The Labute approximate surface area is 161 Å². The average Bonchev–Trinajstić information content (AvgIpc) is 3.10. The lowest BCUT2D eigenvalue weighted by Gasteiger charge is -2.17. The van der Waals surface area contributed by atoms with Crippen molar-refractivity contribution in [3.63, 3.8) is 0 Å². The number of rotatable bonds is 6. The molecule has 142 valence electrons. The van der Waals surface area contributed by atoms with Crippen LogP contribution < -0.4 is 10.2 Å². The van der Waals surface area contributed by atoms with Gasteiger partial charge in [-0.05, 0) is 54.2 Å². The van der Waals surface area contributed by atoms with Crippen molar-refractivity contribution in [1.29, 1.82) is 0 Å². The second-order valence-corrected chi connectivity index (χ2v) is 7.35. The third-order valence-electron chi connectivity index (χ3n) is 5.51. The molecule has 0 bridgehead atoms. The fourth-order valence-electron chi connectivity index (χ4n) is 3.42. The second kappa shape index (κ2) is 8.38. The van der Waals surface area contributed by atoms with E-state index in [0.29, 0.717) is 12.5 Å². The third-order valence-corrected chi connectivity index (χ3v) is 5.51. The molecular weight excluding hydrogens is 336 g/mol. The maximum absolute atomic E-state index is 12.6. The maximum atomic E-state index is 12.6. The van der Waals surface area contributed by atoms with E-state index in [4.69, 9.17) is 0 Å². The van der Waals surface area contributed by atoms with Crippen LogP contribution in [-0.4, -0.2) is 18.4 Å². The van der Waals surface area contributed by atoms with Crippen molar-refractivity contribution in [2.75, 3.05) is 16.8 Å². The fourth-order valence-corrected chi connectivity index (χ4v) is 3.42. The van der Waals surface area contributed by atoms with E-state index in [1.165, 1.54) is 11.1 Å². The van der Waals surface area contributed by atoms with Gasteiger partial charge in [-0.1, -0.05) is 45.0 Å². The number of carbonyl (C=O) groups excluding carboxylic acids is 2. The van der Waals surface area contributed by atoms with Crippen molar-refractivity contribution in [2.45, 2.75) is 46.0 Å². The number of nitrogens with one attached hydrogen (secondary N) is 1. The summed E-state index contributed by atoms with van der Waals surface area (Å²) < 4.78 is 0. The molecular formula is C23H28N2O2. The highest BCUT2D eigenvalue weighted by atomic mass is 16.2. The largest absolute Gasteiger partial charge is 0.326 e. The Bertz CT molecular complexity index is 796. The molecule has 2 aromatic carbocycles. The van der Waals surface area contributed by atoms with Crippen molar-refractivity contribution >= 4 is 23.2 Å². The van der Waals surface area contributed by atoms with Crippen LogP contribution in [0.2, 0.25) is 0 Å². The van der Waals surface area contributed by atoms with Gasteiger partial charge >= 0.3 is 0 Å². The van der Waals surface area contributed by atoms with Crippen LogP contribution in [0.3, 0.4) is 0 Å². The lowest BCUT2D eigenvalue weighted by molar-refractivity contribution is -0.122. The van der Waals surface area contributed by atoms with Crippen LogP contribution >= 0.6 is 0 Å². The van der Waals surface area contributed by atoms with Gasteiger partial charge in [0, 0.05) is 24.3 Å². The molecule has 1 heterocycles. The SMILES string of the molecule is CCc1ccc(N2C[C@H](C(=O)Nc3ccc([C@H](C)CC)cc3)CC2=O)cc1. The van der Waals surface area contributed by atoms with Gasteiger partial charge < -0.3 is 10.2 Å². The summed E-state index contributed by atoms with van der Waals surface area (Å²) in [5.41, 5.74) is 4.16. The van der Waals surface area contributed by atoms with Gasteiger partial charge in [-0.2, -0.15) is 0 Å². The molecule has 1 saturated heterocycles. The summed E-state index contributed by atoms with van der Waals surface area (Å²) in [5, 5.41) is 2.96. The Balaban J connectivity index is 1.63. The molecule has 0 aliphatic carbocycles. The summed E-state index contributed by atoms with van der Waals surface area (Å²) in [7, 11) is 0. The van der Waals surface area contributed by atoms with Gasteiger partial charge in [0.25, 0.3) is 0 Å². The molecule has 1 N–H and O–H groups in total. The van der Waals surface area contributed by atoms with Crippen LogP contribution in [0.25, 0.3) is 0 Å². The number of carbonyl (C=O) groups is 2. The first-order chi connectivity index (χ1) is 13.0.